The maximum atomic E-state index is 10.9. The van der Waals surface area contributed by atoms with Gasteiger partial charge in [-0.15, -0.1) is 11.8 Å². The maximum absolute atomic E-state index is 10.9. The lowest BCUT2D eigenvalue weighted by atomic mass is 10.1. The summed E-state index contributed by atoms with van der Waals surface area (Å²) in [7, 11) is 0. The average Bonchev–Trinajstić information content (AvgIpc) is 3.01. The van der Waals surface area contributed by atoms with Crippen LogP contribution in [-0.2, 0) is 6.61 Å². The summed E-state index contributed by atoms with van der Waals surface area (Å²) >= 11 is 1.72. The van der Waals surface area contributed by atoms with E-state index in [0.717, 1.165) is 16.9 Å². The van der Waals surface area contributed by atoms with Crippen molar-refractivity contribution in [2.45, 2.75) is 18.4 Å². The number of furan rings is 1. The Labute approximate surface area is 150 Å². The molecule has 3 rings (SSSR count). The minimum absolute atomic E-state index is 0.0693. The molecule has 0 unspecified atom stereocenters. The van der Waals surface area contributed by atoms with Crippen LogP contribution in [0.5, 0.6) is 5.75 Å². The molecule has 0 bridgehead atoms. The van der Waals surface area contributed by atoms with Gasteiger partial charge >= 0.3 is 5.97 Å². The average molecular weight is 354 g/mol. The van der Waals surface area contributed by atoms with Gasteiger partial charge in [0.25, 0.3) is 0 Å². The van der Waals surface area contributed by atoms with Crippen molar-refractivity contribution in [3.8, 4) is 16.9 Å². The van der Waals surface area contributed by atoms with Gasteiger partial charge in [-0.25, -0.2) is 4.79 Å². The van der Waals surface area contributed by atoms with Crippen LogP contribution < -0.4 is 4.74 Å². The first kappa shape index (κ1) is 17.2. The molecule has 1 aromatic heterocycles. The van der Waals surface area contributed by atoms with Crippen LogP contribution in [0, 0.1) is 6.92 Å². The second kappa shape index (κ2) is 7.49. The maximum Gasteiger partial charge on any atom is 0.371 e. The Morgan fingerprint density at radius 3 is 2.52 bits per heavy atom. The molecule has 0 spiro atoms. The van der Waals surface area contributed by atoms with Crippen molar-refractivity contribution in [2.24, 2.45) is 0 Å². The molecule has 0 aliphatic carbocycles. The van der Waals surface area contributed by atoms with Gasteiger partial charge in [-0.05, 0) is 48.6 Å². The number of aryl methyl sites for hydroxylation is 1. The zero-order chi connectivity index (χ0) is 17.8. The molecule has 0 amide bonds. The molecule has 0 aliphatic heterocycles. The highest BCUT2D eigenvalue weighted by Gasteiger charge is 2.13. The zero-order valence-electron chi connectivity index (χ0n) is 14.0. The quantitative estimate of drug-likeness (QED) is 0.612. The van der Waals surface area contributed by atoms with Gasteiger partial charge in [-0.3, -0.25) is 0 Å². The Morgan fingerprint density at radius 2 is 1.88 bits per heavy atom. The molecule has 0 fully saturated rings. The monoisotopic (exact) mass is 354 g/mol. The number of aromatic carboxylic acids is 1. The largest absolute Gasteiger partial charge is 0.489 e. The lowest BCUT2D eigenvalue weighted by molar-refractivity contribution is 0.0661. The molecular weight excluding hydrogens is 336 g/mol. The van der Waals surface area contributed by atoms with Crippen LogP contribution in [0.2, 0.25) is 0 Å². The number of carbonyl (C=O) groups is 1. The fourth-order valence-electron chi connectivity index (χ4n) is 2.54. The van der Waals surface area contributed by atoms with Crippen molar-refractivity contribution in [1.82, 2.24) is 0 Å². The van der Waals surface area contributed by atoms with Crippen LogP contribution in [0.25, 0.3) is 11.1 Å². The molecule has 1 heterocycles. The molecular formula is C20H18O4S. The molecule has 128 valence electrons. The van der Waals surface area contributed by atoms with Crippen LogP contribution in [0.1, 0.15) is 21.9 Å². The third-order valence-corrected chi connectivity index (χ3v) is 4.69. The lowest BCUT2D eigenvalue weighted by Gasteiger charge is -2.09. The number of carboxylic acids is 1. The number of thioether (sulfide) groups is 1. The minimum Gasteiger partial charge on any atom is -0.489 e. The molecule has 1 N–H and O–H groups in total. The topological polar surface area (TPSA) is 59.7 Å². The van der Waals surface area contributed by atoms with Crippen LogP contribution >= 0.6 is 11.8 Å². The fraction of sp³-hybridized carbons (Fsp3) is 0.150. The first-order chi connectivity index (χ1) is 12.1. The summed E-state index contributed by atoms with van der Waals surface area (Å²) in [6.07, 6.45) is 2.06. The second-order valence-electron chi connectivity index (χ2n) is 5.51. The number of benzene rings is 2. The van der Waals surface area contributed by atoms with E-state index < -0.39 is 5.97 Å². The minimum atomic E-state index is -1.08. The first-order valence-corrected chi connectivity index (χ1v) is 9.00. The predicted molar refractivity (Wildman–Crippen MR) is 98.4 cm³/mol. The molecule has 4 nitrogen and oxygen atoms in total. The molecule has 2 aromatic carbocycles. The van der Waals surface area contributed by atoms with E-state index in [4.69, 9.17) is 14.3 Å². The van der Waals surface area contributed by atoms with Gasteiger partial charge in [0, 0.05) is 10.5 Å². The molecule has 0 radical (unpaired) electrons. The highest BCUT2D eigenvalue weighted by molar-refractivity contribution is 7.98. The summed E-state index contributed by atoms with van der Waals surface area (Å²) in [6, 6.07) is 17.6. The van der Waals surface area contributed by atoms with Crippen LogP contribution in [0.3, 0.4) is 0 Å². The van der Waals surface area contributed by atoms with Crippen molar-refractivity contribution < 1.29 is 19.1 Å². The standard InChI is InChI=1S/C20H18O4S/c1-13-15(11-18(24-13)20(21)22)12-23-16-9-7-14(8-10-16)17-5-3-4-6-19(17)25-2/h3-11H,12H2,1-2H3,(H,21,22). The number of hydrogen-bond acceptors (Lipinski definition) is 4. The number of rotatable bonds is 6. The van der Waals surface area contributed by atoms with E-state index in [1.54, 1.807) is 18.7 Å². The Bertz CT molecular complexity index is 881. The normalized spacial score (nSPS) is 10.6. The van der Waals surface area contributed by atoms with Crippen molar-refractivity contribution in [2.75, 3.05) is 6.26 Å². The van der Waals surface area contributed by atoms with Gasteiger partial charge in [0.15, 0.2) is 0 Å². The Hall–Kier alpha value is -2.66. The Morgan fingerprint density at radius 1 is 1.16 bits per heavy atom. The van der Waals surface area contributed by atoms with E-state index in [0.29, 0.717) is 5.76 Å². The highest BCUT2D eigenvalue weighted by atomic mass is 32.2. The number of hydrogen-bond donors (Lipinski definition) is 1. The summed E-state index contributed by atoms with van der Waals surface area (Å²) < 4.78 is 10.9. The van der Waals surface area contributed by atoms with Crippen LogP contribution in [-0.4, -0.2) is 17.3 Å². The molecule has 0 saturated carbocycles. The molecule has 0 saturated heterocycles. The van der Waals surface area contributed by atoms with Gasteiger partial charge in [0.1, 0.15) is 18.1 Å². The number of carboxylic acid groups (broad SMARTS) is 1. The van der Waals surface area contributed by atoms with Crippen molar-refractivity contribution in [3.63, 3.8) is 0 Å². The smallest absolute Gasteiger partial charge is 0.371 e. The van der Waals surface area contributed by atoms with E-state index in [-0.39, 0.29) is 12.4 Å². The molecule has 0 aliphatic rings. The van der Waals surface area contributed by atoms with Gasteiger partial charge < -0.3 is 14.3 Å². The number of ether oxygens (including phenoxy) is 1. The van der Waals surface area contributed by atoms with Crippen LogP contribution in [0.4, 0.5) is 0 Å². The summed E-state index contributed by atoms with van der Waals surface area (Å²) in [6.45, 7) is 2.00. The summed E-state index contributed by atoms with van der Waals surface area (Å²) in [5.74, 6) is 0.136. The summed E-state index contributed by atoms with van der Waals surface area (Å²) in [5.41, 5.74) is 3.05. The molecule has 25 heavy (non-hydrogen) atoms. The van der Waals surface area contributed by atoms with Gasteiger partial charge in [0.2, 0.25) is 5.76 Å². The van der Waals surface area contributed by atoms with E-state index in [9.17, 15) is 4.79 Å². The van der Waals surface area contributed by atoms with Crippen LogP contribution in [0.15, 0.2) is 63.9 Å². The SMILES string of the molecule is CSc1ccccc1-c1ccc(OCc2cc(C(=O)O)oc2C)cc1. The van der Waals surface area contributed by atoms with E-state index in [1.807, 2.05) is 36.4 Å². The lowest BCUT2D eigenvalue weighted by Crippen LogP contribution is -1.96. The van der Waals surface area contributed by atoms with Gasteiger partial charge in [-0.1, -0.05) is 30.3 Å². The molecule has 5 heteroatoms. The zero-order valence-corrected chi connectivity index (χ0v) is 14.8. The predicted octanol–water partition coefficient (Wildman–Crippen LogP) is 5.25. The van der Waals surface area contributed by atoms with E-state index >= 15 is 0 Å². The highest BCUT2D eigenvalue weighted by Crippen LogP contribution is 2.31. The van der Waals surface area contributed by atoms with E-state index in [2.05, 4.69) is 18.4 Å². The van der Waals surface area contributed by atoms with Crippen molar-refractivity contribution in [1.29, 1.82) is 0 Å². The Balaban J connectivity index is 1.72. The van der Waals surface area contributed by atoms with Gasteiger partial charge in [-0.2, -0.15) is 0 Å². The first-order valence-electron chi connectivity index (χ1n) is 7.77. The molecule has 3 aromatic rings. The summed E-state index contributed by atoms with van der Waals surface area (Å²) in [5, 5.41) is 8.95. The fourth-order valence-corrected chi connectivity index (χ4v) is 3.16. The van der Waals surface area contributed by atoms with Crippen molar-refractivity contribution in [3.05, 3.63) is 71.7 Å². The summed E-state index contributed by atoms with van der Waals surface area (Å²) in [4.78, 5) is 12.2. The second-order valence-corrected chi connectivity index (χ2v) is 6.36. The Kier molecular flexibility index (Phi) is 5.14. The third-order valence-electron chi connectivity index (χ3n) is 3.90. The van der Waals surface area contributed by atoms with E-state index in [1.165, 1.54) is 16.5 Å². The van der Waals surface area contributed by atoms with Gasteiger partial charge in [0.05, 0.1) is 0 Å². The van der Waals surface area contributed by atoms with Crippen molar-refractivity contribution >= 4 is 17.7 Å². The molecule has 0 atom stereocenters. The third kappa shape index (κ3) is 3.88.